The van der Waals surface area contributed by atoms with E-state index in [1.807, 2.05) is 0 Å². The highest BCUT2D eigenvalue weighted by atomic mass is 19.4. The van der Waals surface area contributed by atoms with Gasteiger partial charge in [0.1, 0.15) is 11.6 Å². The molecule has 4 rings (SSSR count). The van der Waals surface area contributed by atoms with Crippen LogP contribution in [0.25, 0.3) is 5.65 Å². The number of amides is 1. The second-order valence-electron chi connectivity index (χ2n) is 6.70. The Kier molecular flexibility index (Phi) is 4.16. The quantitative estimate of drug-likeness (QED) is 0.683. The van der Waals surface area contributed by atoms with Gasteiger partial charge < -0.3 is 9.32 Å². The Bertz CT molecular complexity index is 992. The highest BCUT2D eigenvalue weighted by Crippen LogP contribution is 2.31. The van der Waals surface area contributed by atoms with Crippen molar-refractivity contribution in [1.82, 2.24) is 19.5 Å². The number of aromatic nitrogens is 3. The van der Waals surface area contributed by atoms with Gasteiger partial charge in [0, 0.05) is 25.2 Å². The maximum Gasteiger partial charge on any atom is 0.417 e. The molecule has 1 aliphatic heterocycles. The molecule has 0 saturated carbocycles. The lowest BCUT2D eigenvalue weighted by atomic mass is 9.97. The van der Waals surface area contributed by atoms with Crippen LogP contribution in [0.15, 0.2) is 34.9 Å². The second-order valence-corrected chi connectivity index (χ2v) is 6.70. The normalized spacial score (nSPS) is 18.2. The van der Waals surface area contributed by atoms with E-state index in [1.165, 1.54) is 10.5 Å². The number of piperidine rings is 1. The monoisotopic (exact) mass is 378 g/mol. The van der Waals surface area contributed by atoms with Crippen LogP contribution in [0.2, 0.25) is 0 Å². The Morgan fingerprint density at radius 2 is 2.04 bits per heavy atom. The van der Waals surface area contributed by atoms with Crippen LogP contribution in [0.3, 0.4) is 0 Å². The number of likely N-dealkylation sites (tertiary alicyclic amines) is 1. The molecule has 6 nitrogen and oxygen atoms in total. The average Bonchev–Trinajstić information content (AvgIpc) is 3.26. The van der Waals surface area contributed by atoms with Crippen LogP contribution in [0, 0.1) is 6.92 Å². The van der Waals surface area contributed by atoms with Crippen LogP contribution in [-0.4, -0.2) is 38.5 Å². The maximum atomic E-state index is 13.0. The zero-order valence-corrected chi connectivity index (χ0v) is 14.5. The summed E-state index contributed by atoms with van der Waals surface area (Å²) in [6.07, 6.45) is -1.98. The maximum absolute atomic E-state index is 13.0. The van der Waals surface area contributed by atoms with Crippen LogP contribution >= 0.6 is 0 Å². The van der Waals surface area contributed by atoms with E-state index in [9.17, 15) is 18.0 Å². The summed E-state index contributed by atoms with van der Waals surface area (Å²) in [4.78, 5) is 14.3. The molecule has 1 unspecified atom stereocenters. The van der Waals surface area contributed by atoms with Gasteiger partial charge in [0.25, 0.3) is 5.91 Å². The molecular weight excluding hydrogens is 361 g/mol. The summed E-state index contributed by atoms with van der Waals surface area (Å²) < 4.78 is 45.9. The van der Waals surface area contributed by atoms with Gasteiger partial charge in [0.2, 0.25) is 0 Å². The molecule has 3 aromatic heterocycles. The van der Waals surface area contributed by atoms with Gasteiger partial charge in [-0.1, -0.05) is 0 Å². The van der Waals surface area contributed by atoms with Crippen LogP contribution in [0.4, 0.5) is 13.2 Å². The van der Waals surface area contributed by atoms with Crippen molar-refractivity contribution < 1.29 is 22.4 Å². The van der Waals surface area contributed by atoms with Crippen LogP contribution in [-0.2, 0) is 6.18 Å². The zero-order chi connectivity index (χ0) is 19.2. The molecule has 1 aliphatic rings. The molecule has 0 bridgehead atoms. The average molecular weight is 378 g/mol. The number of aryl methyl sites for hydroxylation is 1. The summed E-state index contributed by atoms with van der Waals surface area (Å²) in [6, 6.07) is 5.64. The van der Waals surface area contributed by atoms with Gasteiger partial charge in [-0.3, -0.25) is 9.20 Å². The van der Waals surface area contributed by atoms with E-state index in [-0.39, 0.29) is 17.6 Å². The summed E-state index contributed by atoms with van der Waals surface area (Å²) >= 11 is 0. The lowest BCUT2D eigenvalue weighted by Crippen LogP contribution is -2.39. The molecule has 9 heteroatoms. The minimum absolute atomic E-state index is 0.197. The Morgan fingerprint density at radius 3 is 2.74 bits per heavy atom. The Morgan fingerprint density at radius 1 is 1.22 bits per heavy atom. The number of hydrogen-bond donors (Lipinski definition) is 0. The third-order valence-electron chi connectivity index (χ3n) is 4.78. The lowest BCUT2D eigenvalue weighted by Gasteiger charge is -2.31. The number of furan rings is 1. The first-order chi connectivity index (χ1) is 12.8. The number of carbonyl (C=O) groups is 1. The molecule has 0 aromatic carbocycles. The van der Waals surface area contributed by atoms with E-state index in [1.54, 1.807) is 24.0 Å². The van der Waals surface area contributed by atoms with E-state index in [0.29, 0.717) is 30.3 Å². The van der Waals surface area contributed by atoms with E-state index < -0.39 is 11.7 Å². The second kappa shape index (κ2) is 6.40. The topological polar surface area (TPSA) is 63.6 Å². The van der Waals surface area contributed by atoms with E-state index in [0.717, 1.165) is 25.1 Å². The Hall–Kier alpha value is -2.84. The van der Waals surface area contributed by atoms with Crippen molar-refractivity contribution >= 4 is 11.6 Å². The van der Waals surface area contributed by atoms with Gasteiger partial charge >= 0.3 is 6.18 Å². The molecule has 142 valence electrons. The molecule has 4 heterocycles. The number of nitrogens with zero attached hydrogens (tertiary/aromatic N) is 4. The highest BCUT2D eigenvalue weighted by molar-refractivity contribution is 5.91. The van der Waals surface area contributed by atoms with Gasteiger partial charge in [-0.2, -0.15) is 13.2 Å². The Labute approximate surface area is 152 Å². The summed E-state index contributed by atoms with van der Waals surface area (Å²) in [5.41, 5.74) is -0.408. The van der Waals surface area contributed by atoms with Gasteiger partial charge in [-0.25, -0.2) is 0 Å². The predicted octanol–water partition coefficient (Wildman–Crippen LogP) is 3.67. The number of alkyl halides is 3. The van der Waals surface area contributed by atoms with Crippen molar-refractivity contribution in [3.05, 3.63) is 53.4 Å². The SMILES string of the molecule is Cc1ccc(C(=O)N2CCCC(c3nnc4ccc(C(F)(F)F)cn34)C2)o1. The van der Waals surface area contributed by atoms with Crippen molar-refractivity contribution in [3.63, 3.8) is 0 Å². The van der Waals surface area contributed by atoms with Gasteiger partial charge in [-0.05, 0) is 44.0 Å². The van der Waals surface area contributed by atoms with Crippen molar-refractivity contribution in [2.24, 2.45) is 0 Å². The largest absolute Gasteiger partial charge is 0.456 e. The molecule has 1 saturated heterocycles. The predicted molar refractivity (Wildman–Crippen MR) is 89.3 cm³/mol. The van der Waals surface area contributed by atoms with Gasteiger partial charge in [0.05, 0.1) is 5.56 Å². The van der Waals surface area contributed by atoms with Crippen molar-refractivity contribution in [2.75, 3.05) is 13.1 Å². The first-order valence-corrected chi connectivity index (χ1v) is 8.60. The first-order valence-electron chi connectivity index (χ1n) is 8.60. The number of carbonyl (C=O) groups excluding carboxylic acids is 1. The fourth-order valence-electron chi connectivity index (χ4n) is 3.43. The van der Waals surface area contributed by atoms with Gasteiger partial charge in [0.15, 0.2) is 11.4 Å². The van der Waals surface area contributed by atoms with Crippen LogP contribution in [0.5, 0.6) is 0 Å². The first kappa shape index (κ1) is 17.6. The lowest BCUT2D eigenvalue weighted by molar-refractivity contribution is -0.137. The highest BCUT2D eigenvalue weighted by Gasteiger charge is 2.33. The number of halogens is 3. The summed E-state index contributed by atoms with van der Waals surface area (Å²) in [7, 11) is 0. The number of hydrogen-bond acceptors (Lipinski definition) is 4. The summed E-state index contributed by atoms with van der Waals surface area (Å²) in [6.45, 7) is 2.69. The zero-order valence-electron chi connectivity index (χ0n) is 14.5. The molecule has 0 radical (unpaired) electrons. The molecule has 3 aromatic rings. The van der Waals surface area contributed by atoms with E-state index in [2.05, 4.69) is 10.2 Å². The van der Waals surface area contributed by atoms with Crippen molar-refractivity contribution in [2.45, 2.75) is 31.9 Å². The molecule has 1 amide bonds. The molecular formula is C18H17F3N4O2. The molecule has 27 heavy (non-hydrogen) atoms. The molecule has 0 aliphatic carbocycles. The van der Waals surface area contributed by atoms with Crippen molar-refractivity contribution in [3.8, 4) is 0 Å². The summed E-state index contributed by atoms with van der Waals surface area (Å²) in [5.74, 6) is 0.924. The minimum Gasteiger partial charge on any atom is -0.456 e. The van der Waals surface area contributed by atoms with Crippen LogP contribution < -0.4 is 0 Å². The molecule has 0 spiro atoms. The summed E-state index contributed by atoms with van der Waals surface area (Å²) in [5, 5.41) is 8.07. The third kappa shape index (κ3) is 3.29. The van der Waals surface area contributed by atoms with Crippen molar-refractivity contribution in [1.29, 1.82) is 0 Å². The fraction of sp³-hybridized carbons (Fsp3) is 0.389. The minimum atomic E-state index is -4.44. The number of rotatable bonds is 2. The number of pyridine rings is 1. The van der Waals surface area contributed by atoms with E-state index in [4.69, 9.17) is 4.42 Å². The third-order valence-corrected chi connectivity index (χ3v) is 4.78. The Balaban J connectivity index is 1.62. The number of fused-ring (bicyclic) bond motifs is 1. The molecule has 0 N–H and O–H groups in total. The van der Waals surface area contributed by atoms with Gasteiger partial charge in [-0.15, -0.1) is 10.2 Å². The fourth-order valence-corrected chi connectivity index (χ4v) is 3.43. The van der Waals surface area contributed by atoms with E-state index >= 15 is 0 Å². The standard InChI is InChI=1S/C18H17F3N4O2/c1-11-4-6-14(27-11)17(26)24-8-2-3-12(9-24)16-23-22-15-7-5-13(10-25(15)16)18(19,20)21/h4-7,10,12H,2-3,8-9H2,1H3. The molecule has 1 fully saturated rings. The smallest absolute Gasteiger partial charge is 0.417 e. The van der Waals surface area contributed by atoms with Crippen LogP contribution in [0.1, 0.15) is 46.5 Å². The molecule has 1 atom stereocenters.